The monoisotopic (exact) mass is 375 g/mol. The summed E-state index contributed by atoms with van der Waals surface area (Å²) >= 11 is 5.41. The molecule has 0 spiro atoms. The molecule has 0 radical (unpaired) electrons. The maximum Gasteiger partial charge on any atom is 0.238 e. The van der Waals surface area contributed by atoms with E-state index in [4.69, 9.17) is 0 Å². The number of hydrazine groups is 1. The van der Waals surface area contributed by atoms with Crippen molar-refractivity contribution >= 4 is 60.0 Å². The fourth-order valence-corrected chi connectivity index (χ4v) is 5.34. The minimum absolute atomic E-state index is 0.107. The van der Waals surface area contributed by atoms with Gasteiger partial charge in [-0.3, -0.25) is 10.2 Å². The number of nitrogens with zero attached hydrogens (tertiary/aromatic N) is 2. The molecule has 1 aliphatic heterocycles. The largest absolute Gasteiger partial charge is 0.273 e. The van der Waals surface area contributed by atoms with Crippen molar-refractivity contribution in [3.05, 3.63) is 23.1 Å². The first kappa shape index (κ1) is 16.7. The van der Waals surface area contributed by atoms with Crippen LogP contribution in [-0.4, -0.2) is 15.4 Å². The molecule has 3 rings (SSSR count). The number of rotatable bonds is 2. The van der Waals surface area contributed by atoms with Crippen molar-refractivity contribution < 1.29 is 4.79 Å². The number of amides is 1. The lowest BCUT2D eigenvalue weighted by Gasteiger charge is -2.26. The van der Waals surface area contributed by atoms with E-state index in [1.807, 2.05) is 18.2 Å². The Morgan fingerprint density at radius 1 is 1.32 bits per heavy atom. The first-order valence-electron chi connectivity index (χ1n) is 7.07. The van der Waals surface area contributed by atoms with Gasteiger partial charge in [0.05, 0.1) is 34.9 Å². The topological polar surface area (TPSA) is 68.8 Å². The third kappa shape index (κ3) is 4.70. The fraction of sp³-hybridized carbons (Fsp3) is 0.500. The van der Waals surface area contributed by atoms with Crippen molar-refractivity contribution in [2.75, 3.05) is 0 Å². The first-order chi connectivity index (χ1) is 10.8. The number of allylic oxidation sites excluding steroid dienone is 4. The minimum atomic E-state index is 0.107. The Bertz CT molecular complexity index is 504. The minimum Gasteiger partial charge on any atom is -0.273 e. The summed E-state index contributed by atoms with van der Waals surface area (Å²) in [5.74, 6) is 0.242. The van der Waals surface area contributed by atoms with Crippen molar-refractivity contribution in [2.45, 2.75) is 32.1 Å². The molecule has 10 heteroatoms. The molecule has 0 aromatic rings. The van der Waals surface area contributed by atoms with E-state index in [2.05, 4.69) is 18.1 Å². The lowest BCUT2D eigenvalue weighted by molar-refractivity contribution is -0.127. The quantitative estimate of drug-likeness (QED) is 0.635. The normalized spacial score (nSPS) is 26.7. The number of hydrogen-bond donors (Lipinski definition) is 3. The van der Waals surface area contributed by atoms with Gasteiger partial charge in [0.15, 0.2) is 0 Å². The number of fused-ring (bicyclic) bond motifs is 1. The van der Waals surface area contributed by atoms with E-state index in [-0.39, 0.29) is 11.8 Å². The highest BCUT2D eigenvalue weighted by Gasteiger charge is 2.25. The molecule has 0 saturated heterocycles. The molecule has 0 aromatic carbocycles. The fourth-order valence-electron chi connectivity index (χ4n) is 2.40. The van der Waals surface area contributed by atoms with Crippen molar-refractivity contribution in [3.63, 3.8) is 0 Å². The second-order valence-electron chi connectivity index (χ2n) is 4.98. The Balaban J connectivity index is 1.61. The van der Waals surface area contributed by atoms with Crippen molar-refractivity contribution in [1.29, 1.82) is 0 Å². The van der Waals surface area contributed by atoms with Gasteiger partial charge in [-0.15, -0.1) is 0 Å². The van der Waals surface area contributed by atoms with Crippen LogP contribution >= 0.6 is 48.3 Å². The average molecular weight is 376 g/mol. The van der Waals surface area contributed by atoms with Crippen LogP contribution in [0.3, 0.4) is 0 Å². The highest BCUT2D eigenvalue weighted by molar-refractivity contribution is 8.21. The van der Waals surface area contributed by atoms with Gasteiger partial charge in [-0.05, 0) is 36.9 Å². The molecule has 0 bridgehead atoms. The van der Waals surface area contributed by atoms with Crippen LogP contribution < -0.4 is 13.7 Å². The second-order valence-corrected chi connectivity index (χ2v) is 8.65. The molecule has 1 heterocycles. The number of nitrogens with one attached hydrogen (secondary N) is 3. The van der Waals surface area contributed by atoms with E-state index in [1.165, 1.54) is 54.8 Å². The van der Waals surface area contributed by atoms with Gasteiger partial charge in [0.1, 0.15) is 0 Å². The summed E-state index contributed by atoms with van der Waals surface area (Å²) < 4.78 is 12.2. The zero-order valence-electron chi connectivity index (χ0n) is 11.8. The average Bonchev–Trinajstić information content (AvgIpc) is 2.99. The summed E-state index contributed by atoms with van der Waals surface area (Å²) in [6.45, 7) is 0. The van der Waals surface area contributed by atoms with Gasteiger partial charge >= 0.3 is 0 Å². The molecule has 3 N–H and O–H groups in total. The SMILES string of the molecule is O=C(NN1SNSNS/N=C2/C=CC=C2S1)C1CCCCC1. The third-order valence-corrected chi connectivity index (χ3v) is 6.55. The maximum absolute atomic E-state index is 12.4. The van der Waals surface area contributed by atoms with Gasteiger partial charge in [-0.25, -0.2) is 0 Å². The van der Waals surface area contributed by atoms with E-state index in [1.54, 1.807) is 3.82 Å². The zero-order valence-corrected chi connectivity index (χ0v) is 15.0. The van der Waals surface area contributed by atoms with Gasteiger partial charge in [0.2, 0.25) is 5.91 Å². The van der Waals surface area contributed by atoms with Gasteiger partial charge in [0.25, 0.3) is 0 Å². The van der Waals surface area contributed by atoms with E-state index in [0.29, 0.717) is 0 Å². The van der Waals surface area contributed by atoms with Crippen molar-refractivity contribution in [3.8, 4) is 0 Å². The van der Waals surface area contributed by atoms with Crippen LogP contribution in [0, 0.1) is 5.92 Å². The molecule has 1 saturated carbocycles. The third-order valence-electron chi connectivity index (χ3n) is 3.50. The predicted molar refractivity (Wildman–Crippen MR) is 97.9 cm³/mol. The van der Waals surface area contributed by atoms with Gasteiger partial charge in [-0.2, -0.15) is 12.7 Å². The summed E-state index contributed by atoms with van der Waals surface area (Å²) in [4.78, 5) is 13.4. The standard InChI is InChI=1S/C12H17N5OS4/c18-12(9-5-2-1-3-6-9)13-17-19-11-8-4-7-10(11)14-20-15-21-16-22-17/h4,7-9,15-16H,1-3,5-6H2,(H,13,18)/b14-10-. The van der Waals surface area contributed by atoms with E-state index in [0.717, 1.165) is 36.3 Å². The zero-order chi connectivity index (χ0) is 15.2. The molecular weight excluding hydrogens is 358 g/mol. The highest BCUT2D eigenvalue weighted by atomic mass is 32.3. The van der Waals surface area contributed by atoms with Crippen LogP contribution in [0.25, 0.3) is 0 Å². The highest BCUT2D eigenvalue weighted by Crippen LogP contribution is 2.32. The summed E-state index contributed by atoms with van der Waals surface area (Å²) in [5, 5.41) is 0. The van der Waals surface area contributed by atoms with Crippen LogP contribution in [0.15, 0.2) is 27.5 Å². The van der Waals surface area contributed by atoms with Crippen molar-refractivity contribution in [2.24, 2.45) is 10.3 Å². The lowest BCUT2D eigenvalue weighted by Crippen LogP contribution is -2.39. The van der Waals surface area contributed by atoms with Gasteiger partial charge < -0.3 is 0 Å². The molecule has 0 unspecified atom stereocenters. The van der Waals surface area contributed by atoms with Crippen LogP contribution in [0.4, 0.5) is 0 Å². The van der Waals surface area contributed by atoms with Crippen LogP contribution in [-0.2, 0) is 4.79 Å². The molecule has 1 fully saturated rings. The van der Waals surface area contributed by atoms with E-state index >= 15 is 0 Å². The Morgan fingerprint density at radius 2 is 2.18 bits per heavy atom. The Hall–Kier alpha value is -0.100. The van der Waals surface area contributed by atoms with Gasteiger partial charge in [-0.1, -0.05) is 29.2 Å². The van der Waals surface area contributed by atoms with Crippen LogP contribution in [0.2, 0.25) is 0 Å². The maximum atomic E-state index is 12.4. The first-order valence-corrected chi connectivity index (χ1v) is 10.2. The van der Waals surface area contributed by atoms with E-state index in [9.17, 15) is 4.79 Å². The lowest BCUT2D eigenvalue weighted by atomic mass is 9.89. The number of hydrogen-bond acceptors (Lipinski definition) is 9. The molecule has 22 heavy (non-hydrogen) atoms. The molecule has 1 amide bonds. The Kier molecular flexibility index (Phi) is 6.60. The molecule has 3 aliphatic rings. The number of carbonyl (C=O) groups excluding carboxylic acids is 1. The molecule has 0 aromatic heterocycles. The van der Waals surface area contributed by atoms with Crippen LogP contribution in [0.1, 0.15) is 32.1 Å². The summed E-state index contributed by atoms with van der Waals surface area (Å²) in [7, 11) is 0. The smallest absolute Gasteiger partial charge is 0.238 e. The molecule has 120 valence electrons. The summed E-state index contributed by atoms with van der Waals surface area (Å²) in [5.41, 5.74) is 3.91. The molecule has 2 aliphatic carbocycles. The van der Waals surface area contributed by atoms with Crippen LogP contribution in [0.5, 0.6) is 0 Å². The van der Waals surface area contributed by atoms with E-state index < -0.39 is 0 Å². The Labute approximate surface area is 147 Å². The predicted octanol–water partition coefficient (Wildman–Crippen LogP) is 3.33. The molecule has 0 atom stereocenters. The molecular formula is C12H17N5OS4. The summed E-state index contributed by atoms with van der Waals surface area (Å²) in [6, 6.07) is 0. The number of carbonyl (C=O) groups is 1. The summed E-state index contributed by atoms with van der Waals surface area (Å²) in [6.07, 6.45) is 11.5. The van der Waals surface area contributed by atoms with Crippen molar-refractivity contribution in [1.82, 2.24) is 17.5 Å². The molecule has 6 nitrogen and oxygen atoms in total. The van der Waals surface area contributed by atoms with Gasteiger partial charge in [0, 0.05) is 18.1 Å². The second kappa shape index (κ2) is 8.67. The Morgan fingerprint density at radius 3 is 3.05 bits per heavy atom.